The lowest BCUT2D eigenvalue weighted by Gasteiger charge is -2.39. The molecule has 198 valence electrons. The summed E-state index contributed by atoms with van der Waals surface area (Å²) in [4.78, 5) is 21.6. The Kier molecular flexibility index (Phi) is 8.15. The van der Waals surface area contributed by atoms with Gasteiger partial charge in [-0.05, 0) is 85.1 Å². The van der Waals surface area contributed by atoms with Gasteiger partial charge in [-0.25, -0.2) is 9.78 Å². The number of carbonyl (C=O) groups excluding carboxylic acids is 1. The van der Waals surface area contributed by atoms with Crippen LogP contribution < -0.4 is 15.0 Å². The van der Waals surface area contributed by atoms with Crippen LogP contribution in [0.4, 0.5) is 10.5 Å². The maximum atomic E-state index is 13.3. The molecule has 1 aromatic heterocycles. The summed E-state index contributed by atoms with van der Waals surface area (Å²) in [6.45, 7) is 3.75. The van der Waals surface area contributed by atoms with E-state index in [4.69, 9.17) is 39.5 Å². The van der Waals surface area contributed by atoms with Gasteiger partial charge in [0, 0.05) is 36.9 Å². The lowest BCUT2D eigenvalue weighted by molar-refractivity contribution is 0.180. The van der Waals surface area contributed by atoms with Crippen molar-refractivity contribution in [2.24, 2.45) is 0 Å². The fraction of sp³-hybridized carbons (Fsp3) is 0.310. The highest BCUT2D eigenvalue weighted by atomic mass is 35.5. The summed E-state index contributed by atoms with van der Waals surface area (Å²) in [5, 5.41) is 4.58. The van der Waals surface area contributed by atoms with Gasteiger partial charge in [0.25, 0.3) is 0 Å². The number of nitrogens with zero attached hydrogens (tertiary/aromatic N) is 3. The molecule has 1 fully saturated rings. The van der Waals surface area contributed by atoms with Crippen LogP contribution >= 0.6 is 34.8 Å². The van der Waals surface area contributed by atoms with E-state index >= 15 is 0 Å². The Labute approximate surface area is 238 Å². The summed E-state index contributed by atoms with van der Waals surface area (Å²) < 4.78 is 5.54. The Morgan fingerprint density at radius 1 is 1.08 bits per heavy atom. The van der Waals surface area contributed by atoms with Gasteiger partial charge in [-0.15, -0.1) is 0 Å². The maximum Gasteiger partial charge on any atom is 0.322 e. The van der Waals surface area contributed by atoms with Crippen LogP contribution in [0.15, 0.2) is 60.8 Å². The highest BCUT2D eigenvalue weighted by Crippen LogP contribution is 2.48. The number of halogens is 3. The lowest BCUT2D eigenvalue weighted by Crippen LogP contribution is -2.47. The zero-order chi connectivity index (χ0) is 26.7. The lowest BCUT2D eigenvalue weighted by atomic mass is 9.74. The molecule has 1 saturated heterocycles. The van der Waals surface area contributed by atoms with Crippen molar-refractivity contribution in [1.29, 1.82) is 0 Å². The molecular formula is C29H29Cl3N4O2. The number of ether oxygens (including phenoxy) is 1. The average Bonchev–Trinajstić information content (AvgIpc) is 3.23. The van der Waals surface area contributed by atoms with Gasteiger partial charge >= 0.3 is 6.03 Å². The number of amides is 2. The number of urea groups is 1. The second kappa shape index (κ2) is 11.5. The Balaban J connectivity index is 1.26. The first kappa shape index (κ1) is 26.8. The number of nitrogens with one attached hydrogen (secondary N) is 1. The molecule has 0 saturated carbocycles. The number of hydrogen-bond donors (Lipinski definition) is 1. The second-order valence-electron chi connectivity index (χ2n) is 9.77. The van der Waals surface area contributed by atoms with Crippen molar-refractivity contribution in [3.05, 3.63) is 92.7 Å². The molecule has 3 aromatic rings. The van der Waals surface area contributed by atoms with Gasteiger partial charge < -0.3 is 10.1 Å². The van der Waals surface area contributed by atoms with E-state index in [0.717, 1.165) is 55.0 Å². The molecule has 6 nitrogen and oxygen atoms in total. The number of hydrogen-bond acceptors (Lipinski definition) is 4. The van der Waals surface area contributed by atoms with Crippen LogP contribution in [0.3, 0.4) is 0 Å². The highest BCUT2D eigenvalue weighted by molar-refractivity contribution is 6.42. The van der Waals surface area contributed by atoms with Crippen molar-refractivity contribution in [3.63, 3.8) is 0 Å². The molecular weight excluding hydrogens is 543 g/mol. The standard InChI is InChI=1S/C29H29Cl3N4O2/c1-38-22-5-7-26-23(17-22)29(19-36(26)28(37)34-18-21-8-11-33-27(32)16-21)9-13-35(14-10-29)12-2-3-20-4-6-24(30)25(31)15-20/h2-8,11,15-17H,9-10,12-14,18-19H2,1H3,(H,34,37)/b3-2+. The third kappa shape index (κ3) is 5.79. The number of methoxy groups -OCH3 is 1. The maximum absolute atomic E-state index is 13.3. The van der Waals surface area contributed by atoms with Gasteiger partial charge in [0.1, 0.15) is 10.9 Å². The number of anilines is 1. The van der Waals surface area contributed by atoms with E-state index in [1.165, 1.54) is 5.56 Å². The number of likely N-dealkylation sites (tertiary alicyclic amines) is 1. The van der Waals surface area contributed by atoms with Crippen LogP contribution in [0.25, 0.3) is 6.08 Å². The molecule has 0 unspecified atom stereocenters. The van der Waals surface area contributed by atoms with Crippen LogP contribution in [-0.4, -0.2) is 49.2 Å². The number of benzene rings is 2. The van der Waals surface area contributed by atoms with Crippen molar-refractivity contribution in [2.75, 3.05) is 38.2 Å². The minimum Gasteiger partial charge on any atom is -0.497 e. The zero-order valence-corrected chi connectivity index (χ0v) is 23.4. The third-order valence-electron chi connectivity index (χ3n) is 7.44. The monoisotopic (exact) mass is 570 g/mol. The van der Waals surface area contributed by atoms with Crippen LogP contribution in [0.5, 0.6) is 5.75 Å². The summed E-state index contributed by atoms with van der Waals surface area (Å²) in [5.74, 6) is 0.809. The molecule has 38 heavy (non-hydrogen) atoms. The van der Waals surface area contributed by atoms with Crippen LogP contribution in [0, 0.1) is 0 Å². The summed E-state index contributed by atoms with van der Waals surface area (Å²) in [5.41, 5.74) is 3.96. The Hall–Kier alpha value is -2.77. The van der Waals surface area contributed by atoms with Gasteiger partial charge in [-0.3, -0.25) is 9.80 Å². The predicted octanol–water partition coefficient (Wildman–Crippen LogP) is 6.83. The fourth-order valence-electron chi connectivity index (χ4n) is 5.33. The highest BCUT2D eigenvalue weighted by Gasteiger charge is 2.46. The SMILES string of the molecule is COc1ccc2c(c1)C1(CCN(C/C=C/c3ccc(Cl)c(Cl)c3)CC1)CN2C(=O)NCc1ccnc(Cl)c1. The second-order valence-corrected chi connectivity index (χ2v) is 11.0. The van der Waals surface area contributed by atoms with E-state index < -0.39 is 0 Å². The first-order valence-electron chi connectivity index (χ1n) is 12.6. The van der Waals surface area contributed by atoms with E-state index in [9.17, 15) is 4.79 Å². The minimum absolute atomic E-state index is 0.106. The van der Waals surface area contributed by atoms with E-state index in [0.29, 0.717) is 28.3 Å². The Morgan fingerprint density at radius 2 is 1.89 bits per heavy atom. The molecule has 2 amide bonds. The van der Waals surface area contributed by atoms with Gasteiger partial charge in [-0.2, -0.15) is 0 Å². The fourth-order valence-corrected chi connectivity index (χ4v) is 5.83. The number of piperidine rings is 1. The van der Waals surface area contributed by atoms with E-state index in [1.54, 1.807) is 19.4 Å². The molecule has 2 aromatic carbocycles. The molecule has 5 rings (SSSR count). The largest absolute Gasteiger partial charge is 0.497 e. The summed E-state index contributed by atoms with van der Waals surface area (Å²) in [6.07, 6.45) is 7.79. The number of carbonyl (C=O) groups is 1. The smallest absolute Gasteiger partial charge is 0.322 e. The summed E-state index contributed by atoms with van der Waals surface area (Å²) >= 11 is 18.2. The molecule has 9 heteroatoms. The van der Waals surface area contributed by atoms with Crippen molar-refractivity contribution < 1.29 is 9.53 Å². The predicted molar refractivity (Wildman–Crippen MR) is 155 cm³/mol. The third-order valence-corrected chi connectivity index (χ3v) is 8.38. The van der Waals surface area contributed by atoms with E-state index in [2.05, 4.69) is 33.4 Å². The molecule has 2 aliphatic rings. The van der Waals surface area contributed by atoms with E-state index in [1.807, 2.05) is 41.3 Å². The van der Waals surface area contributed by atoms with Crippen molar-refractivity contribution >= 4 is 52.6 Å². The topological polar surface area (TPSA) is 57.7 Å². The number of fused-ring (bicyclic) bond motifs is 2. The zero-order valence-electron chi connectivity index (χ0n) is 21.1. The van der Waals surface area contributed by atoms with Gasteiger partial charge in [0.2, 0.25) is 0 Å². The molecule has 1 N–H and O–H groups in total. The summed E-state index contributed by atoms with van der Waals surface area (Å²) in [7, 11) is 1.68. The molecule has 0 atom stereocenters. The normalized spacial score (nSPS) is 16.7. The number of rotatable bonds is 6. The Morgan fingerprint density at radius 3 is 2.63 bits per heavy atom. The van der Waals surface area contributed by atoms with Crippen molar-refractivity contribution in [1.82, 2.24) is 15.2 Å². The molecule has 2 aliphatic heterocycles. The van der Waals surface area contributed by atoms with Crippen LogP contribution in [0.1, 0.15) is 29.5 Å². The van der Waals surface area contributed by atoms with Gasteiger partial charge in [0.05, 0.1) is 17.2 Å². The number of aromatic nitrogens is 1. The van der Waals surface area contributed by atoms with Gasteiger partial charge in [-0.1, -0.05) is 53.0 Å². The first-order valence-corrected chi connectivity index (χ1v) is 13.7. The quantitative estimate of drug-likeness (QED) is 0.330. The molecule has 1 spiro atoms. The Bertz CT molecular complexity index is 1360. The van der Waals surface area contributed by atoms with Gasteiger partial charge in [0.15, 0.2) is 0 Å². The minimum atomic E-state index is -0.117. The van der Waals surface area contributed by atoms with E-state index in [-0.39, 0.29) is 11.4 Å². The van der Waals surface area contributed by atoms with Crippen molar-refractivity contribution in [3.8, 4) is 5.75 Å². The number of pyridine rings is 1. The molecule has 3 heterocycles. The summed E-state index contributed by atoms with van der Waals surface area (Å²) in [6, 6.07) is 15.2. The van der Waals surface area contributed by atoms with Crippen LogP contribution in [0.2, 0.25) is 15.2 Å². The molecule has 0 bridgehead atoms. The van der Waals surface area contributed by atoms with Crippen LogP contribution in [-0.2, 0) is 12.0 Å². The molecule has 0 radical (unpaired) electrons. The average molecular weight is 572 g/mol. The molecule has 0 aliphatic carbocycles. The first-order chi connectivity index (χ1) is 18.4. The van der Waals surface area contributed by atoms with Crippen molar-refractivity contribution in [2.45, 2.75) is 24.8 Å².